The molecule has 0 bridgehead atoms. The molecule has 2 heteroatoms. The molecule has 0 atom stereocenters. The highest BCUT2D eigenvalue weighted by Crippen LogP contribution is 2.42. The van der Waals surface area contributed by atoms with E-state index >= 15 is 0 Å². The molecular formula is C54H38N2. The van der Waals surface area contributed by atoms with Gasteiger partial charge in [-0.1, -0.05) is 146 Å². The molecule has 8 aromatic carbocycles. The van der Waals surface area contributed by atoms with E-state index < -0.39 is 0 Å². The Bertz CT molecular complexity index is 3010. The fourth-order valence-corrected chi connectivity index (χ4v) is 8.92. The van der Waals surface area contributed by atoms with Gasteiger partial charge in [-0.2, -0.15) is 0 Å². The molecule has 56 heavy (non-hydrogen) atoms. The number of hydrogen-bond acceptors (Lipinski definition) is 0. The molecule has 2 nitrogen and oxygen atoms in total. The van der Waals surface area contributed by atoms with Gasteiger partial charge in [-0.3, -0.25) is 0 Å². The van der Waals surface area contributed by atoms with Crippen molar-refractivity contribution in [2.75, 3.05) is 0 Å². The first-order chi connectivity index (χ1) is 27.8. The Morgan fingerprint density at radius 2 is 0.839 bits per heavy atom. The minimum atomic E-state index is 0.983. The molecule has 0 spiro atoms. The van der Waals surface area contributed by atoms with Crippen molar-refractivity contribution >= 4 is 38.8 Å². The molecule has 0 amide bonds. The molecule has 2 heterocycles. The van der Waals surface area contributed by atoms with Crippen molar-refractivity contribution in [1.82, 2.24) is 9.13 Å². The van der Waals surface area contributed by atoms with E-state index in [9.17, 15) is 0 Å². The molecule has 0 aliphatic heterocycles. The third kappa shape index (κ3) is 5.41. The van der Waals surface area contributed by atoms with Crippen molar-refractivity contribution in [1.29, 1.82) is 0 Å². The van der Waals surface area contributed by atoms with Gasteiger partial charge in [-0.25, -0.2) is 0 Å². The Kier molecular flexibility index (Phi) is 7.67. The number of fused-ring (bicyclic) bond motifs is 6. The summed E-state index contributed by atoms with van der Waals surface area (Å²) in [4.78, 5) is 0. The summed E-state index contributed by atoms with van der Waals surface area (Å²) in [5, 5.41) is 3.85. The van der Waals surface area contributed by atoms with E-state index in [-0.39, 0.29) is 0 Å². The molecule has 0 saturated carbocycles. The zero-order chi connectivity index (χ0) is 37.0. The van der Waals surface area contributed by atoms with E-state index in [0.29, 0.717) is 0 Å². The molecule has 1 aliphatic rings. The standard InChI is InChI=1S/C54H38N2/c1-4-16-37(17-5-1)39-20-14-22-41(30-39)43-32-44(42-23-15-21-40(31-42)38-18-6-2-7-19-38)34-46(33-43)56-52-29-13-11-27-48(52)50-35-49-47-26-10-12-28-51(47)55(53(49)36-54(50)56)45-24-8-3-9-25-45/h1-12,14-28,30-36H,13,29H2. The van der Waals surface area contributed by atoms with Crippen LogP contribution in [0.5, 0.6) is 0 Å². The van der Waals surface area contributed by atoms with Crippen molar-refractivity contribution in [3.8, 4) is 55.9 Å². The maximum absolute atomic E-state index is 2.57. The molecule has 10 aromatic rings. The highest BCUT2D eigenvalue weighted by Gasteiger charge is 2.23. The van der Waals surface area contributed by atoms with Crippen molar-refractivity contribution < 1.29 is 0 Å². The maximum Gasteiger partial charge on any atom is 0.0562 e. The fraction of sp³-hybridized carbons (Fsp3) is 0.0370. The number of rotatable bonds is 6. The van der Waals surface area contributed by atoms with Gasteiger partial charge < -0.3 is 9.13 Å². The second kappa shape index (κ2) is 13.3. The van der Waals surface area contributed by atoms with E-state index in [0.717, 1.165) is 12.8 Å². The predicted octanol–water partition coefficient (Wildman–Crippen LogP) is 14.4. The Morgan fingerprint density at radius 1 is 0.321 bits per heavy atom. The smallest absolute Gasteiger partial charge is 0.0562 e. The highest BCUT2D eigenvalue weighted by molar-refractivity contribution is 6.15. The summed E-state index contributed by atoms with van der Waals surface area (Å²) in [6.45, 7) is 0. The Hall–Kier alpha value is -7.16. The molecule has 0 unspecified atom stereocenters. The minimum Gasteiger partial charge on any atom is -0.313 e. The van der Waals surface area contributed by atoms with Gasteiger partial charge in [0.15, 0.2) is 0 Å². The summed E-state index contributed by atoms with van der Waals surface area (Å²) >= 11 is 0. The van der Waals surface area contributed by atoms with E-state index in [1.165, 1.54) is 99.8 Å². The lowest BCUT2D eigenvalue weighted by molar-refractivity contribution is 0.889. The second-order valence-corrected chi connectivity index (χ2v) is 14.9. The van der Waals surface area contributed by atoms with Crippen LogP contribution >= 0.6 is 0 Å². The third-order valence-electron chi connectivity index (χ3n) is 11.5. The molecule has 11 rings (SSSR count). The van der Waals surface area contributed by atoms with Gasteiger partial charge in [0.2, 0.25) is 0 Å². The first kappa shape index (κ1) is 32.3. The van der Waals surface area contributed by atoms with Crippen LogP contribution in [0.1, 0.15) is 17.7 Å². The van der Waals surface area contributed by atoms with Crippen LogP contribution in [-0.4, -0.2) is 9.13 Å². The molecule has 0 radical (unpaired) electrons. The van der Waals surface area contributed by atoms with Crippen LogP contribution in [0.2, 0.25) is 0 Å². The first-order valence-electron chi connectivity index (χ1n) is 19.6. The van der Waals surface area contributed by atoms with Crippen molar-refractivity contribution in [2.24, 2.45) is 0 Å². The maximum atomic E-state index is 2.57. The van der Waals surface area contributed by atoms with Crippen LogP contribution in [0.25, 0.3) is 94.7 Å². The largest absolute Gasteiger partial charge is 0.313 e. The normalized spacial score (nSPS) is 12.4. The third-order valence-corrected chi connectivity index (χ3v) is 11.5. The molecule has 2 aromatic heterocycles. The van der Waals surface area contributed by atoms with E-state index in [1.54, 1.807) is 0 Å². The summed E-state index contributed by atoms with van der Waals surface area (Å²) in [5.74, 6) is 0. The molecule has 264 valence electrons. The summed E-state index contributed by atoms with van der Waals surface area (Å²) in [5.41, 5.74) is 18.4. The minimum absolute atomic E-state index is 0.983. The van der Waals surface area contributed by atoms with Crippen molar-refractivity contribution in [3.63, 3.8) is 0 Å². The van der Waals surface area contributed by atoms with Gasteiger partial charge in [-0.05, 0) is 118 Å². The second-order valence-electron chi connectivity index (χ2n) is 14.9. The van der Waals surface area contributed by atoms with Crippen LogP contribution in [0, 0.1) is 0 Å². The van der Waals surface area contributed by atoms with Crippen LogP contribution in [0.4, 0.5) is 0 Å². The Balaban J connectivity index is 1.19. The lowest BCUT2D eigenvalue weighted by Crippen LogP contribution is -2.04. The summed E-state index contributed by atoms with van der Waals surface area (Å²) in [7, 11) is 0. The summed E-state index contributed by atoms with van der Waals surface area (Å²) in [6, 6.07) is 71.1. The Labute approximate surface area is 326 Å². The summed E-state index contributed by atoms with van der Waals surface area (Å²) < 4.78 is 5.00. The highest BCUT2D eigenvalue weighted by atomic mass is 15.0. The first-order valence-corrected chi connectivity index (χ1v) is 19.6. The van der Waals surface area contributed by atoms with Crippen LogP contribution in [0.3, 0.4) is 0 Å². The molecular weight excluding hydrogens is 677 g/mol. The van der Waals surface area contributed by atoms with Crippen molar-refractivity contribution in [3.05, 3.63) is 211 Å². The zero-order valence-electron chi connectivity index (χ0n) is 30.9. The SMILES string of the molecule is C1=Cc2c(n(-c3cc(-c4cccc(-c5ccccc5)c4)cc(-c4cccc(-c5ccccc5)c4)c3)c3cc4c(cc23)c2ccccc2n4-c2ccccc2)CC1. The topological polar surface area (TPSA) is 9.86 Å². The average molecular weight is 715 g/mol. The van der Waals surface area contributed by atoms with Crippen LogP contribution in [-0.2, 0) is 6.42 Å². The number of nitrogens with zero attached hydrogens (tertiary/aromatic N) is 2. The monoisotopic (exact) mass is 714 g/mol. The van der Waals surface area contributed by atoms with Gasteiger partial charge in [0.1, 0.15) is 0 Å². The van der Waals surface area contributed by atoms with Gasteiger partial charge in [0.05, 0.1) is 16.6 Å². The zero-order valence-corrected chi connectivity index (χ0v) is 30.9. The molecule has 0 fully saturated rings. The van der Waals surface area contributed by atoms with Crippen LogP contribution < -0.4 is 0 Å². The van der Waals surface area contributed by atoms with Crippen LogP contribution in [0.15, 0.2) is 200 Å². The quantitative estimate of drug-likeness (QED) is 0.162. The predicted molar refractivity (Wildman–Crippen MR) is 237 cm³/mol. The fourth-order valence-electron chi connectivity index (χ4n) is 8.92. The van der Waals surface area contributed by atoms with E-state index in [1.807, 2.05) is 0 Å². The number of benzene rings is 8. The molecule has 0 saturated heterocycles. The molecule has 1 aliphatic carbocycles. The summed E-state index contributed by atoms with van der Waals surface area (Å²) in [6.07, 6.45) is 6.70. The van der Waals surface area contributed by atoms with Gasteiger partial charge in [0.25, 0.3) is 0 Å². The average Bonchev–Trinajstić information content (AvgIpc) is 3.78. The Morgan fingerprint density at radius 3 is 1.48 bits per heavy atom. The number of allylic oxidation sites excluding steroid dienone is 1. The lowest BCUT2D eigenvalue weighted by atomic mass is 9.94. The molecule has 0 N–H and O–H groups in total. The lowest BCUT2D eigenvalue weighted by Gasteiger charge is -2.17. The van der Waals surface area contributed by atoms with E-state index in [4.69, 9.17) is 0 Å². The number of aromatic nitrogens is 2. The number of para-hydroxylation sites is 2. The number of hydrogen-bond donors (Lipinski definition) is 0. The van der Waals surface area contributed by atoms with E-state index in [2.05, 4.69) is 215 Å². The van der Waals surface area contributed by atoms with Gasteiger partial charge in [0, 0.05) is 38.8 Å². The van der Waals surface area contributed by atoms with Gasteiger partial charge >= 0.3 is 0 Å². The van der Waals surface area contributed by atoms with Gasteiger partial charge in [-0.15, -0.1) is 0 Å². The van der Waals surface area contributed by atoms with Crippen molar-refractivity contribution in [2.45, 2.75) is 12.8 Å².